The second-order valence-corrected chi connectivity index (χ2v) is 17.5. The van der Waals surface area contributed by atoms with Crippen molar-refractivity contribution in [3.05, 3.63) is 229 Å². The first-order valence-electron chi connectivity index (χ1n) is 21.4. The minimum Gasteiger partial charge on any atom is -0.481 e. The molecular formula is C54H46N6O6S2. The third-order valence-corrected chi connectivity index (χ3v) is 12.5. The first-order valence-corrected chi connectivity index (χ1v) is 23.2. The van der Waals surface area contributed by atoms with Gasteiger partial charge in [-0.2, -0.15) is 0 Å². The van der Waals surface area contributed by atoms with Gasteiger partial charge >= 0.3 is 11.9 Å². The Bertz CT molecular complexity index is 2930. The summed E-state index contributed by atoms with van der Waals surface area (Å²) in [7, 11) is 0. The van der Waals surface area contributed by atoms with Crippen LogP contribution in [0.3, 0.4) is 0 Å². The Balaban J connectivity index is 0.000000201. The summed E-state index contributed by atoms with van der Waals surface area (Å²) in [6.45, 7) is 0. The largest absolute Gasteiger partial charge is 0.481 e. The van der Waals surface area contributed by atoms with Gasteiger partial charge in [-0.15, -0.1) is 23.5 Å². The number of carboxylic acid groups (broad SMARTS) is 2. The van der Waals surface area contributed by atoms with Crippen molar-refractivity contribution in [2.45, 2.75) is 33.1 Å². The van der Waals surface area contributed by atoms with Gasteiger partial charge in [-0.05, 0) is 102 Å². The van der Waals surface area contributed by atoms with Crippen LogP contribution in [-0.4, -0.2) is 43.9 Å². The lowest BCUT2D eigenvalue weighted by atomic mass is 10.1. The predicted molar refractivity (Wildman–Crippen MR) is 271 cm³/mol. The molecule has 0 aliphatic heterocycles. The Labute approximate surface area is 402 Å². The summed E-state index contributed by atoms with van der Waals surface area (Å²) in [6, 6.07) is 59.4. The van der Waals surface area contributed by atoms with E-state index in [1.54, 1.807) is 42.7 Å². The van der Waals surface area contributed by atoms with E-state index in [0.29, 0.717) is 34.1 Å². The summed E-state index contributed by atoms with van der Waals surface area (Å²) in [4.78, 5) is 59.0. The van der Waals surface area contributed by atoms with Gasteiger partial charge in [0.15, 0.2) is 0 Å². The Kier molecular flexibility index (Phi) is 17.1. The fraction of sp³-hybridized carbons (Fsp3) is 0.0741. The highest BCUT2D eigenvalue weighted by Gasteiger charge is 2.20. The molecular weight excluding hydrogens is 893 g/mol. The fourth-order valence-corrected chi connectivity index (χ4v) is 9.22. The van der Waals surface area contributed by atoms with Gasteiger partial charge in [0.25, 0.3) is 11.8 Å². The maximum Gasteiger partial charge on any atom is 0.304 e. The molecule has 0 bridgehead atoms. The van der Waals surface area contributed by atoms with Crippen molar-refractivity contribution in [1.29, 1.82) is 0 Å². The molecule has 0 saturated heterocycles. The summed E-state index contributed by atoms with van der Waals surface area (Å²) in [5.41, 5.74) is 5.64. The number of aliphatic carboxylic acids is 2. The van der Waals surface area contributed by atoms with Gasteiger partial charge in [-0.1, -0.05) is 103 Å². The van der Waals surface area contributed by atoms with E-state index in [2.05, 4.69) is 31.2 Å². The number of carboxylic acids is 2. The summed E-state index contributed by atoms with van der Waals surface area (Å²) in [6.07, 6.45) is 3.36. The molecule has 2 aromatic heterocycles. The molecule has 12 nitrogen and oxygen atoms in total. The van der Waals surface area contributed by atoms with Crippen LogP contribution in [-0.2, 0) is 9.59 Å². The van der Waals surface area contributed by atoms with Gasteiger partial charge in [0.05, 0.1) is 18.5 Å². The van der Waals surface area contributed by atoms with Crippen LogP contribution in [0.2, 0.25) is 0 Å². The van der Waals surface area contributed by atoms with E-state index >= 15 is 0 Å². The lowest BCUT2D eigenvalue weighted by molar-refractivity contribution is -0.138. The number of pyridine rings is 2. The third-order valence-electron chi connectivity index (χ3n) is 9.96. The molecule has 0 fully saturated rings. The molecule has 0 spiro atoms. The minimum absolute atomic E-state index is 0.00132. The van der Waals surface area contributed by atoms with E-state index in [0.717, 1.165) is 32.3 Å². The van der Waals surface area contributed by atoms with Gasteiger partial charge in [0.2, 0.25) is 0 Å². The van der Waals surface area contributed by atoms with Crippen LogP contribution in [0.1, 0.15) is 55.2 Å². The van der Waals surface area contributed by atoms with Crippen LogP contribution in [0.4, 0.5) is 34.4 Å². The van der Waals surface area contributed by atoms with Crippen LogP contribution in [0.25, 0.3) is 0 Å². The average Bonchev–Trinajstić information content (AvgIpc) is 3.35. The van der Waals surface area contributed by atoms with Crippen molar-refractivity contribution in [2.24, 2.45) is 0 Å². The number of hydrogen-bond acceptors (Lipinski definition) is 10. The zero-order valence-corrected chi connectivity index (χ0v) is 38.1. The smallest absolute Gasteiger partial charge is 0.304 e. The second kappa shape index (κ2) is 24.4. The number of nitrogens with one attached hydrogen (secondary N) is 4. The molecule has 340 valence electrons. The molecule has 14 heteroatoms. The molecule has 68 heavy (non-hydrogen) atoms. The van der Waals surface area contributed by atoms with Crippen molar-refractivity contribution >= 4 is 81.7 Å². The molecule has 0 aliphatic carbocycles. The third kappa shape index (κ3) is 14.7. The summed E-state index contributed by atoms with van der Waals surface area (Å²) in [5.74, 6) is -0.847. The molecule has 2 unspecified atom stereocenters. The van der Waals surface area contributed by atoms with Crippen LogP contribution >= 0.6 is 23.5 Å². The van der Waals surface area contributed by atoms with E-state index in [9.17, 15) is 29.4 Å². The highest BCUT2D eigenvalue weighted by molar-refractivity contribution is 8.00. The standard InChI is InChI=1S/2C27H23N3O3S/c31-26(32)18-24(19-8-2-1-3-9-19)34-23-13-7-12-22(17-23)30-27(33)20-10-6-11-21(16-20)29-25-14-4-5-15-28-25;31-26(32)18-24(19-9-2-1-3-10-19)34-23-14-5-4-13-22(23)30-27(33)20-11-8-12-21(17-20)29-25-15-6-7-16-28-25/h2*1-17,24H,18H2,(H,28,29)(H,30,33)(H,31,32). The molecule has 2 atom stereocenters. The molecule has 8 rings (SSSR count). The lowest BCUT2D eigenvalue weighted by Gasteiger charge is -2.18. The minimum atomic E-state index is -0.875. The number of carbonyl (C=O) groups is 4. The molecule has 6 aromatic carbocycles. The Morgan fingerprint density at radius 3 is 1.46 bits per heavy atom. The lowest BCUT2D eigenvalue weighted by Crippen LogP contribution is -2.13. The maximum atomic E-state index is 13.0. The van der Waals surface area contributed by atoms with Gasteiger partial charge < -0.3 is 31.5 Å². The molecule has 2 heterocycles. The van der Waals surface area contributed by atoms with Crippen molar-refractivity contribution in [2.75, 3.05) is 21.3 Å². The molecule has 0 saturated carbocycles. The first-order chi connectivity index (χ1) is 33.1. The highest BCUT2D eigenvalue weighted by Crippen LogP contribution is 2.41. The van der Waals surface area contributed by atoms with Gasteiger partial charge in [0, 0.05) is 60.9 Å². The van der Waals surface area contributed by atoms with E-state index in [-0.39, 0.29) is 35.2 Å². The molecule has 0 aliphatic rings. The van der Waals surface area contributed by atoms with Crippen molar-refractivity contribution in [3.8, 4) is 0 Å². The number of anilines is 6. The number of hydrogen-bond donors (Lipinski definition) is 6. The average molecular weight is 939 g/mol. The first kappa shape index (κ1) is 47.8. The number of benzene rings is 6. The van der Waals surface area contributed by atoms with Crippen molar-refractivity contribution < 1.29 is 29.4 Å². The predicted octanol–water partition coefficient (Wildman–Crippen LogP) is 12.8. The SMILES string of the molecule is O=C(O)CC(Sc1cccc(NC(=O)c2cccc(Nc3ccccn3)c2)c1)c1ccccc1.O=C(O)CC(Sc1ccccc1NC(=O)c1cccc(Nc2ccccn2)c1)c1ccccc1. The second-order valence-electron chi connectivity index (χ2n) is 15.0. The van der Waals surface area contributed by atoms with Crippen molar-refractivity contribution in [3.63, 3.8) is 0 Å². The number of carbonyl (C=O) groups excluding carboxylic acids is 2. The van der Waals surface area contributed by atoms with Crippen molar-refractivity contribution in [1.82, 2.24) is 9.97 Å². The molecule has 0 radical (unpaired) electrons. The Morgan fingerprint density at radius 2 is 0.926 bits per heavy atom. The number of thioether (sulfide) groups is 2. The van der Waals surface area contributed by atoms with E-state index < -0.39 is 11.9 Å². The maximum absolute atomic E-state index is 13.0. The van der Waals surface area contributed by atoms with Gasteiger partial charge in [0.1, 0.15) is 11.6 Å². The van der Waals surface area contributed by atoms with Crippen LogP contribution in [0.15, 0.2) is 216 Å². The highest BCUT2D eigenvalue weighted by atomic mass is 32.2. The number of aromatic nitrogens is 2. The summed E-state index contributed by atoms with van der Waals surface area (Å²) >= 11 is 2.88. The number of para-hydroxylation sites is 1. The zero-order chi connectivity index (χ0) is 47.5. The molecule has 8 aromatic rings. The van der Waals surface area contributed by atoms with Gasteiger partial charge in [-0.25, -0.2) is 9.97 Å². The summed E-state index contributed by atoms with van der Waals surface area (Å²) in [5, 5.41) is 30.5. The monoisotopic (exact) mass is 938 g/mol. The van der Waals surface area contributed by atoms with Gasteiger partial charge in [-0.3, -0.25) is 19.2 Å². The summed E-state index contributed by atoms with van der Waals surface area (Å²) < 4.78 is 0. The number of amides is 2. The number of nitrogens with zero attached hydrogens (tertiary/aromatic N) is 2. The van der Waals surface area contributed by atoms with Crippen LogP contribution < -0.4 is 21.3 Å². The normalized spacial score (nSPS) is 11.4. The Morgan fingerprint density at radius 1 is 0.456 bits per heavy atom. The fourth-order valence-electron chi connectivity index (χ4n) is 6.79. The number of rotatable bonds is 18. The topological polar surface area (TPSA) is 183 Å². The Hall–Kier alpha value is -8.20. The molecule has 2 amide bonds. The molecule has 6 N–H and O–H groups in total. The van der Waals surface area contributed by atoms with Crippen LogP contribution in [0.5, 0.6) is 0 Å². The van der Waals surface area contributed by atoms with E-state index in [1.165, 1.54) is 23.5 Å². The van der Waals surface area contributed by atoms with E-state index in [4.69, 9.17) is 0 Å². The zero-order valence-electron chi connectivity index (χ0n) is 36.4. The van der Waals surface area contributed by atoms with E-state index in [1.807, 2.05) is 164 Å². The van der Waals surface area contributed by atoms with Crippen LogP contribution in [0, 0.1) is 0 Å². The quantitative estimate of drug-likeness (QED) is 0.0449.